The summed E-state index contributed by atoms with van der Waals surface area (Å²) in [7, 11) is 1.60. The van der Waals surface area contributed by atoms with Gasteiger partial charge < -0.3 is 25.0 Å². The average molecular weight is 425 g/mol. The molecule has 0 unspecified atom stereocenters. The first kappa shape index (κ1) is 22.1. The zero-order valence-corrected chi connectivity index (χ0v) is 17.5. The van der Waals surface area contributed by atoms with Gasteiger partial charge in [0.2, 0.25) is 0 Å². The number of methoxy groups -OCH3 is 1. The Bertz CT molecular complexity index is 882. The lowest BCUT2D eigenvalue weighted by Crippen LogP contribution is -2.40. The minimum Gasteiger partial charge on any atom is -0.497 e. The summed E-state index contributed by atoms with van der Waals surface area (Å²) in [5, 5.41) is 5.08. The Hall–Kier alpha value is -3.55. The molecule has 164 valence electrons. The molecule has 1 aliphatic rings. The number of nitrogens with one attached hydrogen (secondary N) is 2. The van der Waals surface area contributed by atoms with Gasteiger partial charge in [-0.2, -0.15) is 0 Å². The van der Waals surface area contributed by atoms with Crippen molar-refractivity contribution in [2.24, 2.45) is 0 Å². The molecule has 1 saturated carbocycles. The first-order valence-corrected chi connectivity index (χ1v) is 10.2. The Balaban J connectivity index is 1.38. The molecular weight excluding hydrogens is 398 g/mol. The standard InChI is InChI=1S/C23H27N3O5/c1-30-20-11-7-18(8-12-20)15-26(19-9-10-19)21(27)16-31-22(28)14-25-23(29)24-13-17-5-3-2-4-6-17/h2-8,11-12,19H,9-10,13-16H2,1H3,(H2,24,25,29). The summed E-state index contributed by atoms with van der Waals surface area (Å²) in [6.07, 6.45) is 1.89. The van der Waals surface area contributed by atoms with Crippen LogP contribution in [0.4, 0.5) is 4.79 Å². The Morgan fingerprint density at radius 2 is 1.68 bits per heavy atom. The second kappa shape index (κ2) is 11.0. The number of benzene rings is 2. The molecule has 1 aliphatic carbocycles. The number of ether oxygens (including phenoxy) is 2. The number of carbonyl (C=O) groups excluding carboxylic acids is 3. The molecule has 0 radical (unpaired) electrons. The molecule has 0 spiro atoms. The van der Waals surface area contributed by atoms with Crippen LogP contribution in [0, 0.1) is 0 Å². The molecule has 0 atom stereocenters. The first-order chi connectivity index (χ1) is 15.0. The van der Waals surface area contributed by atoms with Crippen LogP contribution in [-0.2, 0) is 27.4 Å². The highest BCUT2D eigenvalue weighted by molar-refractivity contribution is 5.84. The van der Waals surface area contributed by atoms with Gasteiger partial charge in [-0.25, -0.2) is 4.79 Å². The number of nitrogens with zero attached hydrogens (tertiary/aromatic N) is 1. The van der Waals surface area contributed by atoms with Gasteiger partial charge in [-0.05, 0) is 36.1 Å². The lowest BCUT2D eigenvalue weighted by atomic mass is 10.2. The SMILES string of the molecule is COc1ccc(CN(C(=O)COC(=O)CNC(=O)NCc2ccccc2)C2CC2)cc1. The van der Waals surface area contributed by atoms with E-state index in [0.29, 0.717) is 13.1 Å². The summed E-state index contributed by atoms with van der Waals surface area (Å²) >= 11 is 0. The molecule has 8 nitrogen and oxygen atoms in total. The number of carbonyl (C=O) groups is 3. The fraction of sp³-hybridized carbons (Fsp3) is 0.348. The van der Waals surface area contributed by atoms with Crippen LogP contribution in [0.1, 0.15) is 24.0 Å². The highest BCUT2D eigenvalue weighted by Crippen LogP contribution is 2.28. The third-order valence-corrected chi connectivity index (χ3v) is 4.87. The fourth-order valence-corrected chi connectivity index (χ4v) is 3.00. The molecule has 0 heterocycles. The van der Waals surface area contributed by atoms with Gasteiger partial charge in [0, 0.05) is 19.1 Å². The Labute approximate surface area is 181 Å². The highest BCUT2D eigenvalue weighted by Gasteiger charge is 2.32. The van der Waals surface area contributed by atoms with Crippen molar-refractivity contribution in [1.82, 2.24) is 15.5 Å². The van der Waals surface area contributed by atoms with Crippen LogP contribution in [0.25, 0.3) is 0 Å². The summed E-state index contributed by atoms with van der Waals surface area (Å²) in [5.41, 5.74) is 1.92. The van der Waals surface area contributed by atoms with Crippen molar-refractivity contribution in [1.29, 1.82) is 0 Å². The van der Waals surface area contributed by atoms with Crippen LogP contribution < -0.4 is 15.4 Å². The minimum atomic E-state index is -0.664. The van der Waals surface area contributed by atoms with Crippen LogP contribution in [0.5, 0.6) is 5.75 Å². The zero-order chi connectivity index (χ0) is 22.1. The molecule has 0 aliphatic heterocycles. The number of amides is 3. The van der Waals surface area contributed by atoms with E-state index < -0.39 is 12.0 Å². The summed E-state index contributed by atoms with van der Waals surface area (Å²) < 4.78 is 10.2. The van der Waals surface area contributed by atoms with Crippen molar-refractivity contribution in [3.05, 3.63) is 65.7 Å². The van der Waals surface area contributed by atoms with E-state index in [4.69, 9.17) is 9.47 Å². The van der Waals surface area contributed by atoms with Gasteiger partial charge in [0.15, 0.2) is 6.61 Å². The van der Waals surface area contributed by atoms with Gasteiger partial charge in [0.05, 0.1) is 7.11 Å². The van der Waals surface area contributed by atoms with Crippen LogP contribution in [0.3, 0.4) is 0 Å². The van der Waals surface area contributed by atoms with Crippen molar-refractivity contribution in [2.45, 2.75) is 32.0 Å². The third kappa shape index (κ3) is 7.33. The fourth-order valence-electron chi connectivity index (χ4n) is 3.00. The van der Waals surface area contributed by atoms with Gasteiger partial charge in [-0.1, -0.05) is 42.5 Å². The number of hydrogen-bond acceptors (Lipinski definition) is 5. The summed E-state index contributed by atoms with van der Waals surface area (Å²) in [6.45, 7) is 0.141. The molecule has 1 fully saturated rings. The minimum absolute atomic E-state index is 0.176. The number of rotatable bonds is 10. The summed E-state index contributed by atoms with van der Waals surface area (Å²) in [4.78, 5) is 38.0. The summed E-state index contributed by atoms with van der Waals surface area (Å²) in [6, 6.07) is 16.6. The van der Waals surface area contributed by atoms with E-state index in [1.54, 1.807) is 12.0 Å². The van der Waals surface area contributed by atoms with Crippen LogP contribution in [-0.4, -0.2) is 49.1 Å². The number of urea groups is 1. The molecule has 0 aromatic heterocycles. The monoisotopic (exact) mass is 425 g/mol. The van der Waals surface area contributed by atoms with E-state index in [1.807, 2.05) is 54.6 Å². The molecule has 0 bridgehead atoms. The molecule has 0 saturated heterocycles. The van der Waals surface area contributed by atoms with Gasteiger partial charge in [0.1, 0.15) is 12.3 Å². The molecule has 3 amide bonds. The van der Waals surface area contributed by atoms with E-state index in [1.165, 1.54) is 0 Å². The average Bonchev–Trinajstić information content (AvgIpc) is 3.64. The van der Waals surface area contributed by atoms with E-state index >= 15 is 0 Å². The highest BCUT2D eigenvalue weighted by atomic mass is 16.5. The predicted molar refractivity (Wildman–Crippen MR) is 114 cm³/mol. The number of esters is 1. The maximum Gasteiger partial charge on any atom is 0.325 e. The van der Waals surface area contributed by atoms with Gasteiger partial charge >= 0.3 is 12.0 Å². The molecule has 3 rings (SSSR count). The first-order valence-electron chi connectivity index (χ1n) is 10.2. The third-order valence-electron chi connectivity index (χ3n) is 4.87. The summed E-state index contributed by atoms with van der Waals surface area (Å²) in [5.74, 6) is -0.161. The second-order valence-corrected chi connectivity index (χ2v) is 7.28. The van der Waals surface area contributed by atoms with Crippen LogP contribution in [0.2, 0.25) is 0 Å². The Kier molecular flexibility index (Phi) is 7.86. The van der Waals surface area contributed by atoms with Crippen molar-refractivity contribution >= 4 is 17.9 Å². The van der Waals surface area contributed by atoms with Crippen LogP contribution in [0.15, 0.2) is 54.6 Å². The smallest absolute Gasteiger partial charge is 0.325 e. The predicted octanol–water partition coefficient (Wildman–Crippen LogP) is 2.23. The maximum atomic E-state index is 12.6. The quantitative estimate of drug-likeness (QED) is 0.569. The van der Waals surface area contributed by atoms with Gasteiger partial charge in [-0.15, -0.1) is 0 Å². The van der Waals surface area contributed by atoms with E-state index in [0.717, 1.165) is 29.7 Å². The molecule has 2 N–H and O–H groups in total. The van der Waals surface area contributed by atoms with Crippen molar-refractivity contribution in [3.63, 3.8) is 0 Å². The largest absolute Gasteiger partial charge is 0.497 e. The van der Waals surface area contributed by atoms with Crippen molar-refractivity contribution in [3.8, 4) is 5.75 Å². The molecule has 2 aromatic rings. The van der Waals surface area contributed by atoms with Crippen LogP contribution >= 0.6 is 0 Å². The normalized spacial score (nSPS) is 12.5. The van der Waals surface area contributed by atoms with Gasteiger partial charge in [0.25, 0.3) is 5.91 Å². The lowest BCUT2D eigenvalue weighted by Gasteiger charge is -2.22. The Morgan fingerprint density at radius 3 is 2.32 bits per heavy atom. The van der Waals surface area contributed by atoms with Gasteiger partial charge in [-0.3, -0.25) is 9.59 Å². The molecule has 2 aromatic carbocycles. The number of hydrogen-bond donors (Lipinski definition) is 2. The topological polar surface area (TPSA) is 97.0 Å². The van der Waals surface area contributed by atoms with E-state index in [9.17, 15) is 14.4 Å². The van der Waals surface area contributed by atoms with Crippen molar-refractivity contribution < 1.29 is 23.9 Å². The lowest BCUT2D eigenvalue weighted by molar-refractivity contribution is -0.151. The Morgan fingerprint density at radius 1 is 0.968 bits per heavy atom. The molecular formula is C23H27N3O5. The second-order valence-electron chi connectivity index (χ2n) is 7.28. The van der Waals surface area contributed by atoms with E-state index in [-0.39, 0.29) is 25.1 Å². The molecule has 8 heteroatoms. The van der Waals surface area contributed by atoms with Crippen molar-refractivity contribution in [2.75, 3.05) is 20.3 Å². The zero-order valence-electron chi connectivity index (χ0n) is 17.5. The maximum absolute atomic E-state index is 12.6. The van der Waals surface area contributed by atoms with E-state index in [2.05, 4.69) is 10.6 Å². The molecule has 31 heavy (non-hydrogen) atoms.